The third-order valence-corrected chi connectivity index (χ3v) is 7.95. The minimum atomic E-state index is -4.52. The molecule has 0 unspecified atom stereocenters. The summed E-state index contributed by atoms with van der Waals surface area (Å²) in [7, 11) is -1.55. The summed E-state index contributed by atoms with van der Waals surface area (Å²) in [6, 6.07) is 6.46. The van der Waals surface area contributed by atoms with Crippen molar-refractivity contribution < 1.29 is 36.3 Å². The van der Waals surface area contributed by atoms with E-state index in [1.807, 2.05) is 18.7 Å². The molecule has 0 fully saturated rings. The molecule has 12 nitrogen and oxygen atoms in total. The molecule has 0 aliphatic rings. The fourth-order valence-corrected chi connectivity index (χ4v) is 5.38. The van der Waals surface area contributed by atoms with E-state index in [0.29, 0.717) is 31.3 Å². The second-order valence-electron chi connectivity index (χ2n) is 9.20. The largest absolute Gasteiger partial charge is 0.420 e. The normalized spacial score (nSPS) is 11.1. The molecule has 0 atom stereocenters. The van der Waals surface area contributed by atoms with Gasteiger partial charge >= 0.3 is 12.1 Å². The van der Waals surface area contributed by atoms with Gasteiger partial charge in [0.25, 0.3) is 10.0 Å². The van der Waals surface area contributed by atoms with Crippen molar-refractivity contribution in [3.8, 4) is 11.5 Å². The molecule has 1 aromatic heterocycles. The van der Waals surface area contributed by atoms with E-state index >= 15 is 0 Å². The Balaban J connectivity index is 2.24. The predicted octanol–water partition coefficient (Wildman–Crippen LogP) is 4.94. The number of hydrogen-bond acceptors (Lipinski definition) is 10. The first kappa shape index (κ1) is 33.0. The van der Waals surface area contributed by atoms with Crippen LogP contribution in [0.3, 0.4) is 0 Å². The van der Waals surface area contributed by atoms with E-state index in [9.17, 15) is 26.8 Å². The van der Waals surface area contributed by atoms with Gasteiger partial charge < -0.3 is 24.6 Å². The summed E-state index contributed by atoms with van der Waals surface area (Å²) in [4.78, 5) is 36.0. The van der Waals surface area contributed by atoms with Crippen LogP contribution in [0.15, 0.2) is 47.5 Å². The van der Waals surface area contributed by atoms with Crippen molar-refractivity contribution in [3.63, 3.8) is 0 Å². The van der Waals surface area contributed by atoms with E-state index in [4.69, 9.17) is 9.47 Å². The number of ether oxygens (including phenoxy) is 2. The number of halogens is 2. The van der Waals surface area contributed by atoms with Crippen LogP contribution in [0.4, 0.5) is 36.7 Å². The van der Waals surface area contributed by atoms with Gasteiger partial charge in [-0.2, -0.15) is 4.98 Å². The minimum Gasteiger partial charge on any atom is -0.420 e. The van der Waals surface area contributed by atoms with Gasteiger partial charge in [0.15, 0.2) is 17.3 Å². The number of nitrogens with one attached hydrogen (secondary N) is 1. The number of anilines is 4. The number of rotatable bonds is 12. The van der Waals surface area contributed by atoms with E-state index in [1.165, 1.54) is 50.3 Å². The highest BCUT2D eigenvalue weighted by Gasteiger charge is 2.29. The molecule has 0 saturated carbocycles. The molecule has 232 valence electrons. The fourth-order valence-electron chi connectivity index (χ4n) is 3.87. The van der Waals surface area contributed by atoms with Crippen LogP contribution < -0.4 is 24.0 Å². The Morgan fingerprint density at radius 2 is 1.60 bits per heavy atom. The fraction of sp³-hybridized carbons (Fsp3) is 0.357. The van der Waals surface area contributed by atoms with Crippen LogP contribution in [0.1, 0.15) is 34.1 Å². The number of benzene rings is 2. The highest BCUT2D eigenvalue weighted by Crippen LogP contribution is 2.40. The summed E-state index contributed by atoms with van der Waals surface area (Å²) >= 11 is 0. The molecular weight excluding hydrogens is 586 g/mol. The molecule has 43 heavy (non-hydrogen) atoms. The third-order valence-electron chi connectivity index (χ3n) is 6.08. The molecule has 0 aliphatic carbocycles. The predicted molar refractivity (Wildman–Crippen MR) is 158 cm³/mol. The molecular formula is C28H34F2N6O6S. The van der Waals surface area contributed by atoms with Crippen molar-refractivity contribution in [3.05, 3.63) is 54.2 Å². The minimum absolute atomic E-state index is 0.00627. The average molecular weight is 621 g/mol. The van der Waals surface area contributed by atoms with Gasteiger partial charge in [-0.3, -0.25) is 9.10 Å². The third kappa shape index (κ3) is 7.66. The number of hydrogen-bond donors (Lipinski definition) is 1. The van der Waals surface area contributed by atoms with E-state index in [0.717, 1.165) is 4.31 Å². The van der Waals surface area contributed by atoms with Crippen molar-refractivity contribution in [2.75, 3.05) is 48.3 Å². The summed E-state index contributed by atoms with van der Waals surface area (Å²) in [5.74, 6) is -2.76. The molecule has 0 aliphatic heterocycles. The lowest BCUT2D eigenvalue weighted by molar-refractivity contribution is -0.134. The Kier molecular flexibility index (Phi) is 10.8. The number of sulfonamides is 1. The van der Waals surface area contributed by atoms with Gasteiger partial charge in [0.05, 0.1) is 16.8 Å². The van der Waals surface area contributed by atoms with Crippen molar-refractivity contribution in [2.24, 2.45) is 0 Å². The summed E-state index contributed by atoms with van der Waals surface area (Å²) in [5.41, 5.74) is 0.0492. The van der Waals surface area contributed by atoms with Gasteiger partial charge in [-0.1, -0.05) is 13.0 Å². The first-order chi connectivity index (χ1) is 20.4. The van der Waals surface area contributed by atoms with Crippen LogP contribution in [-0.4, -0.2) is 69.1 Å². The number of para-hydroxylation sites is 1. The SMILES string of the molecule is CCC(=O)Oc1c(Nc2nc(N(CC)CC)ncc2N(CC)S(=O)(=O)c2cc(F)cc(F)c2)cccc1OC(=O)N(C)C. The quantitative estimate of drug-likeness (QED) is 0.219. The number of carbonyl (C=O) groups excluding carboxylic acids is 2. The number of aromatic nitrogens is 2. The lowest BCUT2D eigenvalue weighted by Gasteiger charge is -2.27. The van der Waals surface area contributed by atoms with Crippen molar-refractivity contribution in [1.82, 2.24) is 14.9 Å². The van der Waals surface area contributed by atoms with Crippen molar-refractivity contribution in [1.29, 1.82) is 0 Å². The van der Waals surface area contributed by atoms with Crippen LogP contribution in [0.2, 0.25) is 0 Å². The summed E-state index contributed by atoms with van der Waals surface area (Å²) in [6.07, 6.45) is 0.544. The van der Waals surface area contributed by atoms with E-state index in [1.54, 1.807) is 6.92 Å². The van der Waals surface area contributed by atoms with Crippen LogP contribution in [0.25, 0.3) is 0 Å². The monoisotopic (exact) mass is 620 g/mol. The highest BCUT2D eigenvalue weighted by atomic mass is 32.2. The zero-order chi connectivity index (χ0) is 31.9. The number of esters is 1. The topological polar surface area (TPSA) is 134 Å². The lowest BCUT2D eigenvalue weighted by Crippen LogP contribution is -2.32. The van der Waals surface area contributed by atoms with Crippen LogP contribution in [0, 0.1) is 11.6 Å². The molecule has 3 rings (SSSR count). The van der Waals surface area contributed by atoms with E-state index < -0.39 is 38.6 Å². The van der Waals surface area contributed by atoms with Crippen LogP contribution in [-0.2, 0) is 14.8 Å². The Hall–Kier alpha value is -4.53. The van der Waals surface area contributed by atoms with Crippen molar-refractivity contribution in [2.45, 2.75) is 39.0 Å². The second kappa shape index (κ2) is 14.1. The summed E-state index contributed by atoms with van der Waals surface area (Å²) in [6.45, 7) is 7.79. The zero-order valence-corrected chi connectivity index (χ0v) is 25.5. The molecule has 1 amide bonds. The molecule has 0 bridgehead atoms. The average Bonchev–Trinajstić information content (AvgIpc) is 2.95. The highest BCUT2D eigenvalue weighted by molar-refractivity contribution is 7.92. The first-order valence-electron chi connectivity index (χ1n) is 13.5. The molecule has 2 aromatic carbocycles. The number of carbonyl (C=O) groups is 2. The molecule has 15 heteroatoms. The van der Waals surface area contributed by atoms with Gasteiger partial charge in [-0.15, -0.1) is 0 Å². The van der Waals surface area contributed by atoms with E-state index in [-0.39, 0.29) is 47.6 Å². The maximum atomic E-state index is 14.0. The van der Waals surface area contributed by atoms with Gasteiger partial charge in [-0.25, -0.2) is 27.0 Å². The zero-order valence-electron chi connectivity index (χ0n) is 24.7. The first-order valence-corrected chi connectivity index (χ1v) is 14.9. The summed E-state index contributed by atoms with van der Waals surface area (Å²) < 4.78 is 67.2. The van der Waals surface area contributed by atoms with Gasteiger partial charge in [0.2, 0.25) is 5.95 Å². The molecule has 0 radical (unpaired) electrons. The van der Waals surface area contributed by atoms with Gasteiger partial charge in [-0.05, 0) is 45.0 Å². The van der Waals surface area contributed by atoms with Gasteiger partial charge in [0, 0.05) is 46.2 Å². The maximum absolute atomic E-state index is 14.0. The van der Waals surface area contributed by atoms with Gasteiger partial charge in [0.1, 0.15) is 17.3 Å². The Bertz CT molecular complexity index is 1560. The Morgan fingerprint density at radius 1 is 0.953 bits per heavy atom. The summed E-state index contributed by atoms with van der Waals surface area (Å²) in [5, 5.41) is 3.00. The second-order valence-corrected chi connectivity index (χ2v) is 11.1. The smallest absolute Gasteiger partial charge is 0.414 e. The van der Waals surface area contributed by atoms with Crippen molar-refractivity contribution >= 4 is 45.2 Å². The molecule has 0 saturated heterocycles. The lowest BCUT2D eigenvalue weighted by atomic mass is 10.2. The maximum Gasteiger partial charge on any atom is 0.414 e. The molecule has 1 N–H and O–H groups in total. The standard InChI is InChI=1S/C28H34F2N6O6S/c1-7-24(37)42-25-21(12-11-13-23(25)41-28(38)34(5)6)32-26-22(17-31-27(33-26)35(8-2)9-3)36(10-4)43(39,40)20-15-18(29)14-19(30)16-20/h11-17H,7-10H2,1-6H3,(H,31,32,33). The number of nitrogens with zero attached hydrogens (tertiary/aromatic N) is 5. The molecule has 1 heterocycles. The number of amides is 1. The van der Waals surface area contributed by atoms with Crippen LogP contribution >= 0.6 is 0 Å². The molecule has 0 spiro atoms. The van der Waals surface area contributed by atoms with E-state index in [2.05, 4.69) is 15.3 Å². The Labute approximate surface area is 249 Å². The van der Waals surface area contributed by atoms with Crippen LogP contribution in [0.5, 0.6) is 11.5 Å². The molecule has 3 aromatic rings. The Morgan fingerprint density at radius 3 is 2.16 bits per heavy atom.